The van der Waals surface area contributed by atoms with Gasteiger partial charge in [0.1, 0.15) is 16.9 Å². The topological polar surface area (TPSA) is 39.4 Å². The van der Waals surface area contributed by atoms with Crippen LogP contribution in [0, 0.1) is 0 Å². The van der Waals surface area contributed by atoms with Gasteiger partial charge in [-0.05, 0) is 31.2 Å². The maximum atomic E-state index is 11.2. The lowest BCUT2D eigenvalue weighted by molar-refractivity contribution is -0.138. The van der Waals surface area contributed by atoms with Gasteiger partial charge in [0.05, 0.1) is 6.26 Å². The molecule has 2 rings (SSSR count). The molecule has 0 bridgehead atoms. The van der Waals surface area contributed by atoms with E-state index in [0.717, 1.165) is 17.3 Å². The van der Waals surface area contributed by atoms with Crippen molar-refractivity contribution in [1.29, 1.82) is 0 Å². The molecule has 1 aliphatic heterocycles. The summed E-state index contributed by atoms with van der Waals surface area (Å²) in [5, 5.41) is 0.690. The van der Waals surface area contributed by atoms with E-state index in [1.165, 1.54) is 12.2 Å². The van der Waals surface area contributed by atoms with Gasteiger partial charge in [0.15, 0.2) is 0 Å². The second-order valence-electron chi connectivity index (χ2n) is 4.76. The van der Waals surface area contributed by atoms with E-state index in [-0.39, 0.29) is 5.97 Å². The van der Waals surface area contributed by atoms with Crippen molar-refractivity contribution in [2.45, 2.75) is 23.2 Å². The summed E-state index contributed by atoms with van der Waals surface area (Å²) >= 11 is 5.80. The molecule has 0 amide bonds. The van der Waals surface area contributed by atoms with E-state index in [1.807, 2.05) is 41.4 Å². The monoisotopic (exact) mass is 344 g/mol. The Morgan fingerprint density at radius 3 is 3.14 bits per heavy atom. The molecule has 21 heavy (non-hydrogen) atoms. The molecular formula is C15H20O3S3. The standard InChI is InChI=1S/C15H20O3S3/c1-11(2)14(16)18-7-9-19-8-5-12-10-20-15(21-12)13-4-3-6-17-13/h3-4,6,12,15H,1,5,7-10H2,2H3. The highest BCUT2D eigenvalue weighted by atomic mass is 32.2. The minimum absolute atomic E-state index is 0.292. The van der Waals surface area contributed by atoms with Gasteiger partial charge < -0.3 is 9.15 Å². The summed E-state index contributed by atoms with van der Waals surface area (Å²) < 4.78 is 11.0. The van der Waals surface area contributed by atoms with Gasteiger partial charge in [0, 0.05) is 22.3 Å². The molecule has 0 aliphatic carbocycles. The summed E-state index contributed by atoms with van der Waals surface area (Å²) in [5.41, 5.74) is 0.461. The number of hydrogen-bond acceptors (Lipinski definition) is 6. The Balaban J connectivity index is 1.52. The lowest BCUT2D eigenvalue weighted by Gasteiger charge is -2.09. The molecule has 1 aromatic rings. The molecule has 0 saturated carbocycles. The van der Waals surface area contributed by atoms with Crippen LogP contribution < -0.4 is 0 Å². The Morgan fingerprint density at radius 2 is 2.43 bits per heavy atom. The smallest absolute Gasteiger partial charge is 0.333 e. The molecule has 2 atom stereocenters. The fraction of sp³-hybridized carbons (Fsp3) is 0.533. The Kier molecular flexibility index (Phi) is 7.13. The Morgan fingerprint density at radius 1 is 1.57 bits per heavy atom. The van der Waals surface area contributed by atoms with Crippen LogP contribution in [0.4, 0.5) is 0 Å². The number of ether oxygens (including phenoxy) is 1. The van der Waals surface area contributed by atoms with Gasteiger partial charge in [0.25, 0.3) is 0 Å². The van der Waals surface area contributed by atoms with E-state index in [0.29, 0.717) is 22.0 Å². The highest BCUT2D eigenvalue weighted by Crippen LogP contribution is 2.50. The molecule has 1 aromatic heterocycles. The molecule has 116 valence electrons. The van der Waals surface area contributed by atoms with Gasteiger partial charge in [-0.25, -0.2) is 4.79 Å². The Bertz CT molecular complexity index is 459. The number of thioether (sulfide) groups is 3. The summed E-state index contributed by atoms with van der Waals surface area (Å²) in [5.74, 6) is 3.92. The largest absolute Gasteiger partial charge is 0.467 e. The van der Waals surface area contributed by atoms with E-state index in [9.17, 15) is 4.79 Å². The summed E-state index contributed by atoms with van der Waals surface area (Å²) in [6.07, 6.45) is 2.93. The van der Waals surface area contributed by atoms with Gasteiger partial charge in [0.2, 0.25) is 0 Å². The maximum absolute atomic E-state index is 11.2. The quantitative estimate of drug-likeness (QED) is 0.396. The van der Waals surface area contributed by atoms with Crippen molar-refractivity contribution in [3.63, 3.8) is 0 Å². The average Bonchev–Trinajstić information content (AvgIpc) is 3.12. The van der Waals surface area contributed by atoms with Crippen molar-refractivity contribution >= 4 is 41.3 Å². The molecule has 6 heteroatoms. The summed E-state index contributed by atoms with van der Waals surface area (Å²) in [7, 11) is 0. The van der Waals surface area contributed by atoms with E-state index in [4.69, 9.17) is 9.15 Å². The van der Waals surface area contributed by atoms with E-state index in [2.05, 4.69) is 12.6 Å². The number of esters is 1. The summed E-state index contributed by atoms with van der Waals surface area (Å²) in [6, 6.07) is 4.00. The molecule has 1 saturated heterocycles. The zero-order valence-electron chi connectivity index (χ0n) is 12.1. The number of carbonyl (C=O) groups is 1. The van der Waals surface area contributed by atoms with Crippen LogP contribution in [0.2, 0.25) is 0 Å². The second-order valence-corrected chi connectivity index (χ2v) is 8.83. The molecule has 1 fully saturated rings. The van der Waals surface area contributed by atoms with Crippen molar-refractivity contribution in [3.8, 4) is 0 Å². The van der Waals surface area contributed by atoms with Crippen molar-refractivity contribution in [3.05, 3.63) is 36.3 Å². The van der Waals surface area contributed by atoms with E-state index in [1.54, 1.807) is 13.2 Å². The first-order valence-electron chi connectivity index (χ1n) is 6.87. The molecule has 0 aromatic carbocycles. The van der Waals surface area contributed by atoms with Gasteiger partial charge in [-0.1, -0.05) is 6.58 Å². The lowest BCUT2D eigenvalue weighted by Crippen LogP contribution is -2.08. The van der Waals surface area contributed by atoms with Crippen LogP contribution in [0.15, 0.2) is 35.0 Å². The molecule has 0 radical (unpaired) electrons. The Hall–Kier alpha value is -0.460. The third kappa shape index (κ3) is 5.68. The van der Waals surface area contributed by atoms with Crippen molar-refractivity contribution in [2.75, 3.05) is 23.9 Å². The van der Waals surface area contributed by atoms with Gasteiger partial charge in [-0.3, -0.25) is 0 Å². The molecule has 2 unspecified atom stereocenters. The first-order valence-corrected chi connectivity index (χ1v) is 10.0. The summed E-state index contributed by atoms with van der Waals surface area (Å²) in [6.45, 7) is 5.69. The normalized spacial score (nSPS) is 21.4. The minimum Gasteiger partial charge on any atom is -0.467 e. The second kappa shape index (κ2) is 8.86. The highest BCUT2D eigenvalue weighted by molar-refractivity contribution is 8.19. The van der Waals surface area contributed by atoms with Crippen molar-refractivity contribution in [1.82, 2.24) is 0 Å². The van der Waals surface area contributed by atoms with Crippen LogP contribution in [-0.4, -0.2) is 35.1 Å². The van der Waals surface area contributed by atoms with Gasteiger partial charge in [-0.2, -0.15) is 11.8 Å². The fourth-order valence-corrected chi connectivity index (χ4v) is 6.11. The fourth-order valence-electron chi connectivity index (χ4n) is 1.81. The van der Waals surface area contributed by atoms with Crippen molar-refractivity contribution in [2.24, 2.45) is 0 Å². The number of hydrogen-bond donors (Lipinski definition) is 0. The van der Waals surface area contributed by atoms with Gasteiger partial charge in [-0.15, -0.1) is 23.5 Å². The zero-order valence-corrected chi connectivity index (χ0v) is 14.5. The number of rotatable bonds is 8. The van der Waals surface area contributed by atoms with E-state index >= 15 is 0 Å². The zero-order chi connectivity index (χ0) is 15.1. The van der Waals surface area contributed by atoms with Crippen molar-refractivity contribution < 1.29 is 13.9 Å². The molecule has 0 N–H and O–H groups in total. The third-order valence-electron chi connectivity index (χ3n) is 2.92. The first kappa shape index (κ1) is 16.9. The molecule has 3 nitrogen and oxygen atoms in total. The molecule has 1 aliphatic rings. The maximum Gasteiger partial charge on any atom is 0.333 e. The first-order chi connectivity index (χ1) is 10.2. The SMILES string of the molecule is C=C(C)C(=O)OCCSCCC1CSC(c2ccco2)S1. The predicted molar refractivity (Wildman–Crippen MR) is 93.0 cm³/mol. The predicted octanol–water partition coefficient (Wildman–Crippen LogP) is 4.37. The van der Waals surface area contributed by atoms with Crippen LogP contribution in [0.5, 0.6) is 0 Å². The third-order valence-corrected chi connectivity index (χ3v) is 7.25. The van der Waals surface area contributed by atoms with Gasteiger partial charge >= 0.3 is 5.97 Å². The molecule has 2 heterocycles. The van der Waals surface area contributed by atoms with Crippen LogP contribution in [0.3, 0.4) is 0 Å². The number of furan rings is 1. The number of carbonyl (C=O) groups excluding carboxylic acids is 1. The average molecular weight is 345 g/mol. The van der Waals surface area contributed by atoms with Crippen LogP contribution in [0.25, 0.3) is 0 Å². The molecular weight excluding hydrogens is 324 g/mol. The summed E-state index contributed by atoms with van der Waals surface area (Å²) in [4.78, 5) is 11.2. The van der Waals surface area contributed by atoms with Crippen LogP contribution >= 0.6 is 35.3 Å². The van der Waals surface area contributed by atoms with Crippen LogP contribution in [-0.2, 0) is 9.53 Å². The highest BCUT2D eigenvalue weighted by Gasteiger charge is 2.28. The minimum atomic E-state index is -0.292. The van der Waals surface area contributed by atoms with Crippen LogP contribution in [0.1, 0.15) is 23.7 Å². The molecule has 0 spiro atoms. The van der Waals surface area contributed by atoms with E-state index < -0.39 is 0 Å². The Labute approximate surface area is 138 Å². The lowest BCUT2D eigenvalue weighted by atomic mass is 10.4.